The summed E-state index contributed by atoms with van der Waals surface area (Å²) in [5.74, 6) is -0.914. The normalized spacial score (nSPS) is 14.6. The van der Waals surface area contributed by atoms with Crippen molar-refractivity contribution in [3.63, 3.8) is 0 Å². The van der Waals surface area contributed by atoms with Gasteiger partial charge in [-0.05, 0) is 51.1 Å². The number of nitrogens with one attached hydrogen (secondary N) is 3. The first-order valence-corrected chi connectivity index (χ1v) is 8.78. The molecule has 138 valence electrons. The molecule has 7 heteroatoms. The Balaban J connectivity index is 1.72. The average molecular weight is 350 g/mol. The molecule has 2 rings (SSSR count). The molecule has 0 aromatic heterocycles. The van der Waals surface area contributed by atoms with Crippen LogP contribution in [-0.4, -0.2) is 43.0 Å². The number of halogens is 1. The molecule has 1 aliphatic rings. The highest BCUT2D eigenvalue weighted by Crippen LogP contribution is 2.22. The first-order chi connectivity index (χ1) is 12.0. The molecule has 1 saturated carbocycles. The summed E-state index contributed by atoms with van der Waals surface area (Å²) in [6.45, 7) is 2.83. The van der Waals surface area contributed by atoms with E-state index in [1.54, 1.807) is 0 Å². The Bertz CT molecular complexity index is 603. The van der Waals surface area contributed by atoms with Crippen LogP contribution in [0.25, 0.3) is 0 Å². The number of urea groups is 1. The zero-order chi connectivity index (χ0) is 18.2. The standard InChI is InChI=1S/C18H27FN4O2/c1-13(24)21-17-12-14(8-9-16(17)19)22-18(25)20-10-5-11-23(2)15-6-3-4-7-15/h8-9,12,15H,3-7,10-11H2,1-2H3,(H,21,24)(H2,20,22,25). The van der Waals surface area contributed by atoms with Crippen LogP contribution < -0.4 is 16.0 Å². The van der Waals surface area contributed by atoms with Crippen LogP contribution in [0, 0.1) is 5.82 Å². The molecule has 0 heterocycles. The van der Waals surface area contributed by atoms with Gasteiger partial charge in [-0.3, -0.25) is 4.79 Å². The third-order valence-electron chi connectivity index (χ3n) is 4.46. The number of amides is 3. The van der Waals surface area contributed by atoms with Gasteiger partial charge in [0.15, 0.2) is 0 Å². The van der Waals surface area contributed by atoms with Crippen molar-refractivity contribution in [2.75, 3.05) is 30.8 Å². The van der Waals surface area contributed by atoms with E-state index in [-0.39, 0.29) is 17.6 Å². The van der Waals surface area contributed by atoms with Gasteiger partial charge in [0.2, 0.25) is 5.91 Å². The van der Waals surface area contributed by atoms with E-state index < -0.39 is 5.82 Å². The van der Waals surface area contributed by atoms with E-state index in [4.69, 9.17) is 0 Å². The van der Waals surface area contributed by atoms with Gasteiger partial charge in [0, 0.05) is 25.2 Å². The fourth-order valence-corrected chi connectivity index (χ4v) is 3.12. The predicted octanol–water partition coefficient (Wildman–Crippen LogP) is 3.17. The lowest BCUT2D eigenvalue weighted by Crippen LogP contribution is -2.34. The summed E-state index contributed by atoms with van der Waals surface area (Å²) in [6, 6.07) is 4.39. The smallest absolute Gasteiger partial charge is 0.319 e. The monoisotopic (exact) mass is 350 g/mol. The van der Waals surface area contributed by atoms with Gasteiger partial charge in [0.1, 0.15) is 5.82 Å². The van der Waals surface area contributed by atoms with E-state index in [1.165, 1.54) is 50.8 Å². The summed E-state index contributed by atoms with van der Waals surface area (Å²) in [5, 5.41) is 7.83. The van der Waals surface area contributed by atoms with E-state index in [0.29, 0.717) is 18.3 Å². The van der Waals surface area contributed by atoms with Gasteiger partial charge in [-0.15, -0.1) is 0 Å². The van der Waals surface area contributed by atoms with Crippen molar-refractivity contribution in [3.8, 4) is 0 Å². The second kappa shape index (κ2) is 9.36. The van der Waals surface area contributed by atoms with E-state index in [9.17, 15) is 14.0 Å². The molecule has 1 aromatic rings. The Labute approximate surface area is 148 Å². The van der Waals surface area contributed by atoms with Crippen molar-refractivity contribution >= 4 is 23.3 Å². The van der Waals surface area contributed by atoms with Crippen molar-refractivity contribution in [2.24, 2.45) is 0 Å². The van der Waals surface area contributed by atoms with Crippen molar-refractivity contribution in [2.45, 2.75) is 45.1 Å². The fraction of sp³-hybridized carbons (Fsp3) is 0.556. The molecule has 1 aromatic carbocycles. The molecular weight excluding hydrogens is 323 g/mol. The molecule has 0 radical (unpaired) electrons. The predicted molar refractivity (Wildman–Crippen MR) is 97.2 cm³/mol. The summed E-state index contributed by atoms with van der Waals surface area (Å²) >= 11 is 0. The minimum atomic E-state index is -0.545. The average Bonchev–Trinajstić information content (AvgIpc) is 3.08. The summed E-state index contributed by atoms with van der Waals surface area (Å²) in [7, 11) is 2.14. The Hall–Kier alpha value is -2.15. The number of anilines is 2. The maximum absolute atomic E-state index is 13.6. The Kier molecular flexibility index (Phi) is 7.18. The van der Waals surface area contributed by atoms with Gasteiger partial charge in [-0.2, -0.15) is 0 Å². The van der Waals surface area contributed by atoms with Crippen molar-refractivity contribution < 1.29 is 14.0 Å². The molecule has 1 aliphatic carbocycles. The number of carbonyl (C=O) groups is 2. The quantitative estimate of drug-likeness (QED) is 0.661. The molecule has 6 nitrogen and oxygen atoms in total. The maximum atomic E-state index is 13.6. The van der Waals surface area contributed by atoms with Crippen molar-refractivity contribution in [1.82, 2.24) is 10.2 Å². The number of nitrogens with zero attached hydrogens (tertiary/aromatic N) is 1. The van der Waals surface area contributed by atoms with Gasteiger partial charge < -0.3 is 20.9 Å². The van der Waals surface area contributed by atoms with Gasteiger partial charge in [0.05, 0.1) is 5.69 Å². The zero-order valence-electron chi connectivity index (χ0n) is 14.9. The molecule has 0 unspecified atom stereocenters. The highest BCUT2D eigenvalue weighted by molar-refractivity contribution is 5.92. The second-order valence-electron chi connectivity index (χ2n) is 6.53. The minimum absolute atomic E-state index is 0.0449. The van der Waals surface area contributed by atoms with Gasteiger partial charge in [-0.25, -0.2) is 9.18 Å². The van der Waals surface area contributed by atoms with E-state index in [2.05, 4.69) is 27.9 Å². The molecule has 0 aliphatic heterocycles. The number of benzene rings is 1. The Morgan fingerprint density at radius 1 is 1.24 bits per heavy atom. The summed E-state index contributed by atoms with van der Waals surface area (Å²) in [4.78, 5) is 25.3. The molecule has 1 fully saturated rings. The molecule has 25 heavy (non-hydrogen) atoms. The molecule has 0 atom stereocenters. The largest absolute Gasteiger partial charge is 0.338 e. The lowest BCUT2D eigenvalue weighted by atomic mass is 10.2. The summed E-state index contributed by atoms with van der Waals surface area (Å²) in [6.07, 6.45) is 6.04. The number of carbonyl (C=O) groups excluding carboxylic acids is 2. The number of hydrogen-bond acceptors (Lipinski definition) is 3. The summed E-state index contributed by atoms with van der Waals surface area (Å²) in [5.41, 5.74) is 0.467. The first-order valence-electron chi connectivity index (χ1n) is 8.78. The molecule has 3 amide bonds. The highest BCUT2D eigenvalue weighted by Gasteiger charge is 2.18. The lowest BCUT2D eigenvalue weighted by Gasteiger charge is -2.23. The third kappa shape index (κ3) is 6.34. The highest BCUT2D eigenvalue weighted by atomic mass is 19.1. The number of hydrogen-bond donors (Lipinski definition) is 3. The molecule has 0 bridgehead atoms. The summed E-state index contributed by atoms with van der Waals surface area (Å²) < 4.78 is 13.6. The molecule has 0 spiro atoms. The minimum Gasteiger partial charge on any atom is -0.338 e. The fourth-order valence-electron chi connectivity index (χ4n) is 3.12. The van der Waals surface area contributed by atoms with Crippen molar-refractivity contribution in [1.29, 1.82) is 0 Å². The first kappa shape index (κ1) is 19.2. The van der Waals surface area contributed by atoms with Gasteiger partial charge in [0.25, 0.3) is 0 Å². The lowest BCUT2D eigenvalue weighted by molar-refractivity contribution is -0.114. The van der Waals surface area contributed by atoms with Crippen LogP contribution in [0.1, 0.15) is 39.0 Å². The van der Waals surface area contributed by atoms with Crippen LogP contribution in [0.15, 0.2) is 18.2 Å². The Morgan fingerprint density at radius 3 is 2.64 bits per heavy atom. The van der Waals surface area contributed by atoms with Crippen LogP contribution in [0.4, 0.5) is 20.6 Å². The van der Waals surface area contributed by atoms with Crippen molar-refractivity contribution in [3.05, 3.63) is 24.0 Å². The van der Waals surface area contributed by atoms with Crippen LogP contribution in [0.5, 0.6) is 0 Å². The number of rotatable bonds is 7. The van der Waals surface area contributed by atoms with Crippen LogP contribution in [0.2, 0.25) is 0 Å². The topological polar surface area (TPSA) is 73.5 Å². The van der Waals surface area contributed by atoms with Crippen LogP contribution in [0.3, 0.4) is 0 Å². The maximum Gasteiger partial charge on any atom is 0.319 e. The van der Waals surface area contributed by atoms with E-state index >= 15 is 0 Å². The molecular formula is C18H27FN4O2. The van der Waals surface area contributed by atoms with E-state index in [1.807, 2.05) is 0 Å². The van der Waals surface area contributed by atoms with Gasteiger partial charge in [-0.1, -0.05) is 12.8 Å². The SMILES string of the molecule is CC(=O)Nc1cc(NC(=O)NCCCN(C)C2CCCC2)ccc1F. The van der Waals surface area contributed by atoms with Crippen LogP contribution in [-0.2, 0) is 4.79 Å². The van der Waals surface area contributed by atoms with E-state index in [0.717, 1.165) is 13.0 Å². The zero-order valence-corrected chi connectivity index (χ0v) is 14.9. The van der Waals surface area contributed by atoms with Gasteiger partial charge >= 0.3 is 6.03 Å². The second-order valence-corrected chi connectivity index (χ2v) is 6.53. The van der Waals surface area contributed by atoms with Crippen LogP contribution >= 0.6 is 0 Å². The molecule has 3 N–H and O–H groups in total. The third-order valence-corrected chi connectivity index (χ3v) is 4.46. The Morgan fingerprint density at radius 2 is 1.96 bits per heavy atom. The molecule has 0 saturated heterocycles.